The molecular formula is C24H30O2Si2. The van der Waals surface area contributed by atoms with Crippen LogP contribution in [0.15, 0.2) is 71.1 Å². The van der Waals surface area contributed by atoms with Crippen LogP contribution in [0.3, 0.4) is 0 Å². The van der Waals surface area contributed by atoms with Crippen LogP contribution in [-0.4, -0.2) is 27.7 Å². The molecule has 1 aliphatic carbocycles. The first-order valence-electron chi connectivity index (χ1n) is 9.97. The predicted octanol–water partition coefficient (Wildman–Crippen LogP) is 6.05. The molecule has 0 aromatic heterocycles. The van der Waals surface area contributed by atoms with E-state index < -0.39 is 16.1 Å². The van der Waals surface area contributed by atoms with Crippen molar-refractivity contribution in [2.24, 2.45) is 11.8 Å². The molecule has 2 atom stereocenters. The second kappa shape index (κ2) is 7.41. The third-order valence-electron chi connectivity index (χ3n) is 5.54. The topological polar surface area (TPSA) is 34.1 Å². The Bertz CT molecular complexity index is 839. The molecule has 4 heteroatoms. The molecule has 0 bridgehead atoms. The van der Waals surface area contributed by atoms with E-state index in [1.807, 2.05) is 60.7 Å². The molecule has 2 aromatic carbocycles. The first kappa shape index (κ1) is 20.7. The summed E-state index contributed by atoms with van der Waals surface area (Å²) >= 11 is 0. The number of Topliss-reactive ketones (excluding diaryl/α,β-unsaturated/α-hetero) is 2. The van der Waals surface area contributed by atoms with Crippen LogP contribution >= 0.6 is 0 Å². The van der Waals surface area contributed by atoms with Gasteiger partial charge in [0, 0.05) is 11.1 Å². The molecule has 0 spiro atoms. The Morgan fingerprint density at radius 3 is 1.11 bits per heavy atom. The average Bonchev–Trinajstić information content (AvgIpc) is 2.60. The van der Waals surface area contributed by atoms with E-state index >= 15 is 0 Å². The summed E-state index contributed by atoms with van der Waals surface area (Å²) in [6, 6.07) is 19.0. The molecular weight excluding hydrogens is 376 g/mol. The standard InChI is InChI=1S/C24H30O2Si2/c1-27(2,3)23-19(21(25)17-13-9-7-10-14-17)20(24(23)28(4,5)6)22(26)18-15-11-8-12-16-18/h7-16,19-20H,1-6H3/t19-,20+. The second-order valence-electron chi connectivity index (χ2n) is 9.74. The highest BCUT2D eigenvalue weighted by Gasteiger charge is 2.55. The maximum absolute atomic E-state index is 13.6. The fraction of sp³-hybridized carbons (Fsp3) is 0.333. The van der Waals surface area contributed by atoms with Crippen LogP contribution in [0.25, 0.3) is 0 Å². The van der Waals surface area contributed by atoms with Crippen molar-refractivity contribution in [1.29, 1.82) is 0 Å². The Morgan fingerprint density at radius 1 is 0.571 bits per heavy atom. The van der Waals surface area contributed by atoms with E-state index in [0.717, 1.165) is 0 Å². The molecule has 0 fully saturated rings. The average molecular weight is 407 g/mol. The lowest BCUT2D eigenvalue weighted by Gasteiger charge is -2.50. The minimum atomic E-state index is -1.75. The van der Waals surface area contributed by atoms with Gasteiger partial charge in [0.05, 0.1) is 28.0 Å². The molecule has 146 valence electrons. The van der Waals surface area contributed by atoms with Crippen molar-refractivity contribution in [1.82, 2.24) is 0 Å². The Morgan fingerprint density at radius 2 is 0.857 bits per heavy atom. The van der Waals surface area contributed by atoms with Gasteiger partial charge in [0.25, 0.3) is 0 Å². The summed E-state index contributed by atoms with van der Waals surface area (Å²) in [5.41, 5.74) is 1.42. The van der Waals surface area contributed by atoms with Gasteiger partial charge in [0.15, 0.2) is 11.6 Å². The molecule has 0 amide bonds. The molecule has 0 unspecified atom stereocenters. The SMILES string of the molecule is C[Si](C)(C)C1=C([Si](C)(C)C)[C@H](C(=O)c2ccccc2)[C@@H]1C(=O)c1ccccc1. The number of ketones is 2. The highest BCUT2D eigenvalue weighted by molar-refractivity contribution is 6.90. The van der Waals surface area contributed by atoms with Gasteiger partial charge in [0.2, 0.25) is 0 Å². The first-order valence-corrected chi connectivity index (χ1v) is 17.0. The zero-order chi connectivity index (χ0) is 20.7. The molecule has 2 aromatic rings. The number of benzene rings is 2. The van der Waals surface area contributed by atoms with Gasteiger partial charge in [-0.1, -0.05) is 110 Å². The van der Waals surface area contributed by atoms with Gasteiger partial charge in [-0.05, 0) is 0 Å². The van der Waals surface area contributed by atoms with Crippen LogP contribution in [0.4, 0.5) is 0 Å². The molecule has 0 radical (unpaired) electrons. The van der Waals surface area contributed by atoms with Gasteiger partial charge in [-0.2, -0.15) is 0 Å². The molecule has 0 N–H and O–H groups in total. The zero-order valence-corrected chi connectivity index (χ0v) is 19.7. The Balaban J connectivity index is 2.17. The minimum absolute atomic E-state index is 0.106. The van der Waals surface area contributed by atoms with E-state index in [1.54, 1.807) is 0 Å². The lowest BCUT2D eigenvalue weighted by atomic mass is 9.72. The summed E-state index contributed by atoms with van der Waals surface area (Å²) < 4.78 is 0. The van der Waals surface area contributed by atoms with Gasteiger partial charge in [-0.25, -0.2) is 0 Å². The maximum Gasteiger partial charge on any atom is 0.170 e. The lowest BCUT2D eigenvalue weighted by Crippen LogP contribution is -2.55. The van der Waals surface area contributed by atoms with Crippen molar-refractivity contribution in [3.63, 3.8) is 0 Å². The summed E-state index contributed by atoms with van der Waals surface area (Å²) in [5, 5.41) is 2.66. The molecule has 0 saturated heterocycles. The maximum atomic E-state index is 13.6. The van der Waals surface area contributed by atoms with Crippen molar-refractivity contribution in [2.75, 3.05) is 0 Å². The van der Waals surface area contributed by atoms with Gasteiger partial charge in [-0.15, -0.1) is 0 Å². The second-order valence-corrected chi connectivity index (χ2v) is 19.8. The van der Waals surface area contributed by atoms with Gasteiger partial charge in [-0.3, -0.25) is 9.59 Å². The van der Waals surface area contributed by atoms with E-state index in [9.17, 15) is 9.59 Å². The van der Waals surface area contributed by atoms with E-state index in [4.69, 9.17) is 0 Å². The quantitative estimate of drug-likeness (QED) is 0.432. The van der Waals surface area contributed by atoms with Crippen molar-refractivity contribution in [3.05, 3.63) is 82.2 Å². The van der Waals surface area contributed by atoms with Crippen LogP contribution in [0.1, 0.15) is 20.7 Å². The Labute approximate surface area is 170 Å². The number of rotatable bonds is 6. The molecule has 0 saturated carbocycles. The van der Waals surface area contributed by atoms with Crippen LogP contribution in [0.5, 0.6) is 0 Å². The largest absolute Gasteiger partial charge is 0.293 e. The number of hydrogen-bond acceptors (Lipinski definition) is 2. The highest BCUT2D eigenvalue weighted by atomic mass is 28.3. The van der Waals surface area contributed by atoms with Crippen molar-refractivity contribution in [2.45, 2.75) is 39.3 Å². The number of hydrogen-bond donors (Lipinski definition) is 0. The van der Waals surface area contributed by atoms with Crippen LogP contribution in [-0.2, 0) is 0 Å². The van der Waals surface area contributed by atoms with E-state index in [-0.39, 0.29) is 23.4 Å². The van der Waals surface area contributed by atoms with Gasteiger partial charge in [0.1, 0.15) is 0 Å². The number of carbonyl (C=O) groups excluding carboxylic acids is 2. The predicted molar refractivity (Wildman–Crippen MR) is 122 cm³/mol. The highest BCUT2D eigenvalue weighted by Crippen LogP contribution is 2.51. The molecule has 3 rings (SSSR count). The third-order valence-corrected chi connectivity index (χ3v) is 10.2. The smallest absolute Gasteiger partial charge is 0.170 e. The summed E-state index contributed by atoms with van der Waals surface area (Å²) in [7, 11) is -3.51. The van der Waals surface area contributed by atoms with Crippen LogP contribution < -0.4 is 0 Å². The Hall–Kier alpha value is -2.05. The molecule has 1 aliphatic rings. The van der Waals surface area contributed by atoms with Crippen molar-refractivity contribution in [3.8, 4) is 0 Å². The number of allylic oxidation sites excluding steroid dienone is 2. The van der Waals surface area contributed by atoms with E-state index in [1.165, 1.54) is 10.4 Å². The number of carbonyl (C=O) groups is 2. The van der Waals surface area contributed by atoms with Crippen LogP contribution in [0, 0.1) is 11.8 Å². The van der Waals surface area contributed by atoms with Crippen molar-refractivity contribution >= 4 is 27.7 Å². The molecule has 0 heterocycles. The fourth-order valence-electron chi connectivity index (χ4n) is 4.44. The minimum Gasteiger partial charge on any atom is -0.293 e. The molecule has 2 nitrogen and oxygen atoms in total. The van der Waals surface area contributed by atoms with Crippen LogP contribution in [0.2, 0.25) is 39.3 Å². The van der Waals surface area contributed by atoms with E-state index in [2.05, 4.69) is 39.3 Å². The fourth-order valence-corrected chi connectivity index (χ4v) is 11.1. The zero-order valence-electron chi connectivity index (χ0n) is 17.7. The Kier molecular flexibility index (Phi) is 5.47. The summed E-state index contributed by atoms with van der Waals surface area (Å²) in [6.07, 6.45) is 0. The summed E-state index contributed by atoms with van der Waals surface area (Å²) in [4.78, 5) is 27.1. The summed E-state index contributed by atoms with van der Waals surface area (Å²) in [5.74, 6) is -0.393. The molecule has 0 aliphatic heterocycles. The van der Waals surface area contributed by atoms with Gasteiger partial charge >= 0.3 is 0 Å². The van der Waals surface area contributed by atoms with Gasteiger partial charge < -0.3 is 0 Å². The van der Waals surface area contributed by atoms with E-state index in [0.29, 0.717) is 11.1 Å². The lowest BCUT2D eigenvalue weighted by molar-refractivity contribution is 0.0799. The molecule has 28 heavy (non-hydrogen) atoms. The third kappa shape index (κ3) is 3.76. The van der Waals surface area contributed by atoms with Crippen molar-refractivity contribution < 1.29 is 9.59 Å². The first-order chi connectivity index (χ1) is 13.0. The normalized spacial score (nSPS) is 19.9. The monoisotopic (exact) mass is 406 g/mol. The summed E-state index contributed by atoms with van der Waals surface area (Å²) in [6.45, 7) is 13.8.